The molecule has 3 nitrogen and oxygen atoms in total. The monoisotopic (exact) mass is 287 g/mol. The minimum atomic E-state index is 0.407. The smallest absolute Gasteiger partial charge is 0.0739 e. The molecule has 2 aromatic rings. The molecule has 0 unspecified atom stereocenters. The Hall–Kier alpha value is -1.16. The second-order valence-electron chi connectivity index (χ2n) is 3.33. The highest BCUT2D eigenvalue weighted by atomic mass is 35.5. The van der Waals surface area contributed by atoms with Crippen LogP contribution >= 0.6 is 34.8 Å². The zero-order valence-corrected chi connectivity index (χ0v) is 10.8. The van der Waals surface area contributed by atoms with E-state index in [4.69, 9.17) is 40.5 Å². The van der Waals surface area contributed by atoms with Crippen LogP contribution in [0.15, 0.2) is 30.6 Å². The van der Waals surface area contributed by atoms with Gasteiger partial charge in [0.25, 0.3) is 0 Å². The Bertz CT molecular complexity index is 558. The summed E-state index contributed by atoms with van der Waals surface area (Å²) in [6.07, 6.45) is 3.18. The summed E-state index contributed by atoms with van der Waals surface area (Å²) in [6, 6.07) is 4.96. The summed E-state index contributed by atoms with van der Waals surface area (Å²) in [5, 5.41) is 4.37. The van der Waals surface area contributed by atoms with E-state index in [2.05, 4.69) is 10.3 Å². The number of rotatable bonds is 2. The molecule has 0 bridgehead atoms. The molecule has 1 aromatic heterocycles. The maximum Gasteiger partial charge on any atom is 0.0739 e. The first-order valence-corrected chi connectivity index (χ1v) is 5.82. The fraction of sp³-hybridized carbons (Fsp3) is 0. The van der Waals surface area contributed by atoms with E-state index >= 15 is 0 Å². The number of nitrogens with two attached hydrogens (primary N) is 1. The lowest BCUT2D eigenvalue weighted by Gasteiger charge is -2.11. The average molecular weight is 289 g/mol. The van der Waals surface area contributed by atoms with Crippen molar-refractivity contribution in [1.82, 2.24) is 4.98 Å². The third kappa shape index (κ3) is 2.75. The Morgan fingerprint density at radius 2 is 1.71 bits per heavy atom. The first kappa shape index (κ1) is 12.3. The van der Waals surface area contributed by atoms with E-state index in [1.165, 1.54) is 0 Å². The van der Waals surface area contributed by atoms with Gasteiger partial charge in [-0.15, -0.1) is 0 Å². The van der Waals surface area contributed by atoms with Crippen molar-refractivity contribution in [3.8, 4) is 0 Å². The number of anilines is 3. The Labute approximate surface area is 114 Å². The van der Waals surface area contributed by atoms with E-state index in [0.717, 1.165) is 0 Å². The molecular weight excluding hydrogens is 281 g/mol. The maximum atomic E-state index is 6.04. The number of hydrogen-bond acceptors (Lipinski definition) is 3. The van der Waals surface area contributed by atoms with E-state index in [9.17, 15) is 0 Å². The molecule has 0 aliphatic heterocycles. The Balaban J connectivity index is 2.37. The van der Waals surface area contributed by atoms with Gasteiger partial charge < -0.3 is 11.1 Å². The topological polar surface area (TPSA) is 50.9 Å². The van der Waals surface area contributed by atoms with Crippen LogP contribution in [0, 0.1) is 0 Å². The SMILES string of the molecule is Nc1cnccc1Nc1cc(Cl)c(Cl)cc1Cl. The predicted molar refractivity (Wildman–Crippen MR) is 73.4 cm³/mol. The number of aromatic nitrogens is 1. The number of hydrogen-bond donors (Lipinski definition) is 2. The van der Waals surface area contributed by atoms with Crippen LogP contribution in [0.25, 0.3) is 0 Å². The fourth-order valence-corrected chi connectivity index (χ4v) is 1.88. The third-order valence-electron chi connectivity index (χ3n) is 2.13. The maximum absolute atomic E-state index is 6.04. The number of nitrogen functional groups attached to an aromatic ring is 1. The summed E-state index contributed by atoms with van der Waals surface area (Å²) in [5.74, 6) is 0. The van der Waals surface area contributed by atoms with Crippen molar-refractivity contribution in [2.45, 2.75) is 0 Å². The van der Waals surface area contributed by atoms with Crippen molar-refractivity contribution >= 4 is 51.9 Å². The van der Waals surface area contributed by atoms with E-state index in [0.29, 0.717) is 32.1 Å². The predicted octanol–water partition coefficient (Wildman–Crippen LogP) is 4.37. The normalized spacial score (nSPS) is 10.3. The van der Waals surface area contributed by atoms with Crippen molar-refractivity contribution in [1.29, 1.82) is 0 Å². The lowest BCUT2D eigenvalue weighted by molar-refractivity contribution is 1.33. The number of nitrogens with one attached hydrogen (secondary N) is 1. The highest BCUT2D eigenvalue weighted by Crippen LogP contribution is 2.34. The molecular formula is C11H8Cl3N3. The molecule has 88 valence electrons. The van der Waals surface area contributed by atoms with Crippen LogP contribution in [0.1, 0.15) is 0 Å². The summed E-state index contributed by atoms with van der Waals surface area (Å²) < 4.78 is 0. The summed E-state index contributed by atoms with van der Waals surface area (Å²) in [4.78, 5) is 3.90. The van der Waals surface area contributed by atoms with Crippen LogP contribution in [0.3, 0.4) is 0 Å². The molecule has 1 heterocycles. The number of benzene rings is 1. The summed E-state index contributed by atoms with van der Waals surface area (Å²) >= 11 is 17.8. The van der Waals surface area contributed by atoms with Gasteiger partial charge in [0.05, 0.1) is 38.3 Å². The average Bonchev–Trinajstić information content (AvgIpc) is 2.29. The molecule has 2 rings (SSSR count). The second-order valence-corrected chi connectivity index (χ2v) is 4.56. The van der Waals surface area contributed by atoms with Crippen LogP contribution in [0.5, 0.6) is 0 Å². The summed E-state index contributed by atoms with van der Waals surface area (Å²) in [6.45, 7) is 0. The molecule has 0 radical (unpaired) electrons. The van der Waals surface area contributed by atoms with Gasteiger partial charge in [-0.25, -0.2) is 0 Å². The van der Waals surface area contributed by atoms with Gasteiger partial charge >= 0.3 is 0 Å². The Morgan fingerprint density at radius 3 is 2.41 bits per heavy atom. The molecule has 0 saturated heterocycles. The molecule has 0 aliphatic rings. The zero-order valence-electron chi connectivity index (χ0n) is 8.55. The third-order valence-corrected chi connectivity index (χ3v) is 3.17. The van der Waals surface area contributed by atoms with Gasteiger partial charge in [-0.05, 0) is 18.2 Å². The van der Waals surface area contributed by atoms with Gasteiger partial charge in [-0.1, -0.05) is 34.8 Å². The van der Waals surface area contributed by atoms with E-state index in [1.807, 2.05) is 0 Å². The standard InChI is InChI=1S/C11H8Cl3N3/c12-6-3-8(14)11(4-7(6)13)17-10-1-2-16-5-9(10)15/h1-5H,15H2,(H,16,17). The molecule has 3 N–H and O–H groups in total. The van der Waals surface area contributed by atoms with Gasteiger partial charge in [0.1, 0.15) is 0 Å². The minimum absolute atomic E-state index is 0.407. The van der Waals surface area contributed by atoms with Crippen molar-refractivity contribution in [2.75, 3.05) is 11.1 Å². The van der Waals surface area contributed by atoms with E-state index in [1.54, 1.807) is 30.6 Å². The van der Waals surface area contributed by atoms with E-state index < -0.39 is 0 Å². The largest absolute Gasteiger partial charge is 0.396 e. The lowest BCUT2D eigenvalue weighted by atomic mass is 10.3. The van der Waals surface area contributed by atoms with Crippen molar-refractivity contribution in [2.24, 2.45) is 0 Å². The summed E-state index contributed by atoms with van der Waals surface area (Å²) in [5.41, 5.74) is 7.63. The summed E-state index contributed by atoms with van der Waals surface area (Å²) in [7, 11) is 0. The van der Waals surface area contributed by atoms with Gasteiger partial charge in [-0.3, -0.25) is 4.98 Å². The molecule has 17 heavy (non-hydrogen) atoms. The van der Waals surface area contributed by atoms with Gasteiger partial charge in [-0.2, -0.15) is 0 Å². The van der Waals surface area contributed by atoms with Crippen LogP contribution in [0.2, 0.25) is 15.1 Å². The van der Waals surface area contributed by atoms with Crippen LogP contribution < -0.4 is 11.1 Å². The molecule has 1 aromatic carbocycles. The highest BCUT2D eigenvalue weighted by molar-refractivity contribution is 6.44. The quantitative estimate of drug-likeness (QED) is 0.807. The van der Waals surface area contributed by atoms with E-state index in [-0.39, 0.29) is 0 Å². The number of halogens is 3. The van der Waals surface area contributed by atoms with Crippen LogP contribution in [-0.4, -0.2) is 4.98 Å². The molecule has 0 fully saturated rings. The highest BCUT2D eigenvalue weighted by Gasteiger charge is 2.07. The fourth-order valence-electron chi connectivity index (χ4n) is 1.28. The zero-order chi connectivity index (χ0) is 12.4. The van der Waals surface area contributed by atoms with Crippen LogP contribution in [0.4, 0.5) is 17.1 Å². The molecule has 0 atom stereocenters. The van der Waals surface area contributed by atoms with Crippen molar-refractivity contribution < 1.29 is 0 Å². The minimum Gasteiger partial charge on any atom is -0.396 e. The Kier molecular flexibility index (Phi) is 3.62. The Morgan fingerprint density at radius 1 is 1.00 bits per heavy atom. The molecule has 6 heteroatoms. The molecule has 0 saturated carbocycles. The van der Waals surface area contributed by atoms with Gasteiger partial charge in [0.2, 0.25) is 0 Å². The van der Waals surface area contributed by atoms with Crippen molar-refractivity contribution in [3.05, 3.63) is 45.7 Å². The number of nitrogens with zero attached hydrogens (tertiary/aromatic N) is 1. The molecule has 0 aliphatic carbocycles. The van der Waals surface area contributed by atoms with Gasteiger partial charge in [0, 0.05) is 6.20 Å². The molecule has 0 amide bonds. The van der Waals surface area contributed by atoms with Crippen molar-refractivity contribution in [3.63, 3.8) is 0 Å². The second kappa shape index (κ2) is 5.00. The molecule has 0 spiro atoms. The lowest BCUT2D eigenvalue weighted by Crippen LogP contribution is -1.97. The first-order chi connectivity index (χ1) is 8.08. The van der Waals surface area contributed by atoms with Gasteiger partial charge in [0.15, 0.2) is 0 Å². The first-order valence-electron chi connectivity index (χ1n) is 4.69. The van der Waals surface area contributed by atoms with Crippen LogP contribution in [-0.2, 0) is 0 Å². The number of pyridine rings is 1.